The van der Waals surface area contributed by atoms with Crippen LogP contribution < -0.4 is 0 Å². The second-order valence-corrected chi connectivity index (χ2v) is 2.97. The zero-order valence-corrected chi connectivity index (χ0v) is 6.76. The van der Waals surface area contributed by atoms with Crippen molar-refractivity contribution in [2.45, 2.75) is 27.3 Å². The van der Waals surface area contributed by atoms with E-state index in [9.17, 15) is 0 Å². The molecular weight excluding hydrogens is 124 g/mol. The predicted molar refractivity (Wildman–Crippen MR) is 40.6 cm³/mol. The average molecular weight is 137 g/mol. The van der Waals surface area contributed by atoms with Gasteiger partial charge in [-0.2, -0.15) is 5.10 Å². The quantitative estimate of drug-likeness (QED) is 0.606. The molecule has 0 atom stereocenters. The van der Waals surface area contributed by atoms with Crippen LogP contribution in [0.3, 0.4) is 0 Å². The SMILES string of the molecule is Cc1[c]cn(CC(C)C)n1. The van der Waals surface area contributed by atoms with Gasteiger partial charge in [-0.25, -0.2) is 0 Å². The van der Waals surface area contributed by atoms with E-state index in [4.69, 9.17) is 0 Å². The Morgan fingerprint density at radius 2 is 2.40 bits per heavy atom. The van der Waals surface area contributed by atoms with E-state index in [1.165, 1.54) is 0 Å². The van der Waals surface area contributed by atoms with Gasteiger partial charge < -0.3 is 0 Å². The molecule has 0 amide bonds. The first-order chi connectivity index (χ1) is 4.68. The molecule has 0 aliphatic rings. The Morgan fingerprint density at radius 3 is 2.80 bits per heavy atom. The molecule has 0 saturated carbocycles. The smallest absolute Gasteiger partial charge is 0.0673 e. The highest BCUT2D eigenvalue weighted by molar-refractivity contribution is 4.91. The van der Waals surface area contributed by atoms with Crippen LogP contribution in [0, 0.1) is 18.9 Å². The van der Waals surface area contributed by atoms with E-state index in [1.807, 2.05) is 17.8 Å². The highest BCUT2D eigenvalue weighted by atomic mass is 15.3. The van der Waals surface area contributed by atoms with Gasteiger partial charge in [0, 0.05) is 18.8 Å². The molecule has 55 valence electrons. The van der Waals surface area contributed by atoms with Gasteiger partial charge in [-0.3, -0.25) is 4.68 Å². The van der Waals surface area contributed by atoms with E-state index < -0.39 is 0 Å². The van der Waals surface area contributed by atoms with Crippen LogP contribution in [0.1, 0.15) is 19.5 Å². The van der Waals surface area contributed by atoms with E-state index in [2.05, 4.69) is 25.0 Å². The molecule has 0 saturated heterocycles. The number of hydrogen-bond acceptors (Lipinski definition) is 1. The molecule has 0 unspecified atom stereocenters. The first-order valence-corrected chi connectivity index (χ1v) is 3.60. The van der Waals surface area contributed by atoms with Crippen molar-refractivity contribution in [3.63, 3.8) is 0 Å². The molecule has 1 rings (SSSR count). The molecule has 0 aromatic carbocycles. The summed E-state index contributed by atoms with van der Waals surface area (Å²) in [4.78, 5) is 0. The lowest BCUT2D eigenvalue weighted by Gasteiger charge is -2.02. The largest absolute Gasteiger partial charge is 0.272 e. The predicted octanol–water partition coefficient (Wildman–Crippen LogP) is 1.65. The zero-order chi connectivity index (χ0) is 7.56. The van der Waals surface area contributed by atoms with Gasteiger partial charge in [0.1, 0.15) is 0 Å². The molecule has 0 fully saturated rings. The topological polar surface area (TPSA) is 17.8 Å². The summed E-state index contributed by atoms with van der Waals surface area (Å²) in [6.45, 7) is 7.30. The van der Waals surface area contributed by atoms with Gasteiger partial charge in [0.05, 0.1) is 5.69 Å². The summed E-state index contributed by atoms with van der Waals surface area (Å²) < 4.78 is 1.93. The van der Waals surface area contributed by atoms with Crippen LogP contribution in [0.25, 0.3) is 0 Å². The maximum atomic E-state index is 4.21. The van der Waals surface area contributed by atoms with Gasteiger partial charge in [-0.1, -0.05) is 13.8 Å². The molecule has 0 N–H and O–H groups in total. The van der Waals surface area contributed by atoms with Crippen molar-refractivity contribution in [1.82, 2.24) is 9.78 Å². The Morgan fingerprint density at radius 1 is 1.70 bits per heavy atom. The Kier molecular flexibility index (Phi) is 2.10. The summed E-state index contributed by atoms with van der Waals surface area (Å²) in [6.07, 6.45) is 1.90. The molecule has 2 nitrogen and oxygen atoms in total. The zero-order valence-electron chi connectivity index (χ0n) is 6.76. The molecule has 0 aliphatic heterocycles. The van der Waals surface area contributed by atoms with Gasteiger partial charge in [0.15, 0.2) is 0 Å². The fourth-order valence-electron chi connectivity index (χ4n) is 0.886. The fraction of sp³-hybridized carbons (Fsp3) is 0.625. The summed E-state index contributed by atoms with van der Waals surface area (Å²) in [5.74, 6) is 0.660. The van der Waals surface area contributed by atoms with Gasteiger partial charge in [-0.05, 0) is 12.8 Å². The molecule has 2 heteroatoms. The third-order valence-corrected chi connectivity index (χ3v) is 1.25. The van der Waals surface area contributed by atoms with E-state index in [-0.39, 0.29) is 0 Å². The van der Waals surface area contributed by atoms with Gasteiger partial charge in [0.2, 0.25) is 0 Å². The van der Waals surface area contributed by atoms with Crippen LogP contribution in [-0.4, -0.2) is 9.78 Å². The van der Waals surface area contributed by atoms with Crippen molar-refractivity contribution in [2.75, 3.05) is 0 Å². The lowest BCUT2D eigenvalue weighted by Crippen LogP contribution is -2.04. The van der Waals surface area contributed by atoms with Crippen LogP contribution in [0.2, 0.25) is 0 Å². The standard InChI is InChI=1S/C8H13N2/c1-7(2)6-10-5-4-8(3)9-10/h5,7H,6H2,1-3H3. The summed E-state index contributed by atoms with van der Waals surface area (Å²) in [5.41, 5.74) is 0.973. The Bertz CT molecular complexity index is 201. The van der Waals surface area contributed by atoms with Gasteiger partial charge in [-0.15, -0.1) is 0 Å². The van der Waals surface area contributed by atoms with E-state index in [0.29, 0.717) is 5.92 Å². The normalized spacial score (nSPS) is 10.8. The van der Waals surface area contributed by atoms with Crippen LogP contribution in [0.4, 0.5) is 0 Å². The highest BCUT2D eigenvalue weighted by Crippen LogP contribution is 1.98. The Labute approximate surface area is 61.9 Å². The van der Waals surface area contributed by atoms with Crippen molar-refractivity contribution in [3.8, 4) is 0 Å². The van der Waals surface area contributed by atoms with Crippen molar-refractivity contribution in [1.29, 1.82) is 0 Å². The monoisotopic (exact) mass is 137 g/mol. The molecule has 1 aromatic heterocycles. The average Bonchev–Trinajstić information content (AvgIpc) is 2.13. The van der Waals surface area contributed by atoms with Crippen LogP contribution >= 0.6 is 0 Å². The van der Waals surface area contributed by atoms with E-state index >= 15 is 0 Å². The fourth-order valence-corrected chi connectivity index (χ4v) is 0.886. The maximum absolute atomic E-state index is 4.21. The molecular formula is C8H13N2. The van der Waals surface area contributed by atoms with Crippen molar-refractivity contribution in [2.24, 2.45) is 5.92 Å². The van der Waals surface area contributed by atoms with Crippen molar-refractivity contribution in [3.05, 3.63) is 18.0 Å². The molecule has 1 radical (unpaired) electrons. The molecule has 1 heterocycles. The molecule has 0 spiro atoms. The van der Waals surface area contributed by atoms with E-state index in [0.717, 1.165) is 12.2 Å². The third kappa shape index (κ3) is 1.87. The molecule has 1 aromatic rings. The minimum Gasteiger partial charge on any atom is -0.272 e. The van der Waals surface area contributed by atoms with Crippen LogP contribution in [-0.2, 0) is 6.54 Å². The number of nitrogens with zero attached hydrogens (tertiary/aromatic N) is 2. The van der Waals surface area contributed by atoms with Crippen LogP contribution in [0.5, 0.6) is 0 Å². The summed E-state index contributed by atoms with van der Waals surface area (Å²) in [6, 6.07) is 3.03. The Hall–Kier alpha value is -0.790. The van der Waals surface area contributed by atoms with Crippen LogP contribution in [0.15, 0.2) is 6.20 Å². The third-order valence-electron chi connectivity index (χ3n) is 1.25. The second-order valence-electron chi connectivity index (χ2n) is 2.97. The first-order valence-electron chi connectivity index (χ1n) is 3.60. The summed E-state index contributed by atoms with van der Waals surface area (Å²) >= 11 is 0. The molecule has 0 bridgehead atoms. The first kappa shape index (κ1) is 7.32. The van der Waals surface area contributed by atoms with Gasteiger partial charge in [0.25, 0.3) is 0 Å². The molecule has 0 aliphatic carbocycles. The second kappa shape index (κ2) is 2.86. The van der Waals surface area contributed by atoms with E-state index in [1.54, 1.807) is 0 Å². The minimum absolute atomic E-state index is 0.660. The summed E-state index contributed by atoms with van der Waals surface area (Å²) in [7, 11) is 0. The number of rotatable bonds is 2. The number of aryl methyl sites for hydroxylation is 1. The van der Waals surface area contributed by atoms with Crippen molar-refractivity contribution < 1.29 is 0 Å². The maximum Gasteiger partial charge on any atom is 0.0673 e. The Balaban J connectivity index is 2.58. The highest BCUT2D eigenvalue weighted by Gasteiger charge is 1.96. The number of hydrogen-bond donors (Lipinski definition) is 0. The summed E-state index contributed by atoms with van der Waals surface area (Å²) in [5, 5.41) is 4.21. The number of aromatic nitrogens is 2. The van der Waals surface area contributed by atoms with Crippen molar-refractivity contribution >= 4 is 0 Å². The lowest BCUT2D eigenvalue weighted by atomic mass is 10.2. The minimum atomic E-state index is 0.660. The molecule has 10 heavy (non-hydrogen) atoms. The lowest BCUT2D eigenvalue weighted by molar-refractivity contribution is 0.481. The van der Waals surface area contributed by atoms with Gasteiger partial charge >= 0.3 is 0 Å².